The molecule has 0 amide bonds. The highest BCUT2D eigenvalue weighted by Gasteiger charge is 2.31. The second-order valence-corrected chi connectivity index (χ2v) is 3.65. The summed E-state index contributed by atoms with van der Waals surface area (Å²) in [5.74, 6) is 1.90. The molecule has 1 fully saturated rings. The molecule has 0 N–H and O–H groups in total. The van der Waals surface area contributed by atoms with Gasteiger partial charge in [-0.3, -0.25) is 0 Å². The quantitative estimate of drug-likeness (QED) is 0.595. The summed E-state index contributed by atoms with van der Waals surface area (Å²) >= 11 is 0. The Labute approximate surface area is 69.4 Å². The van der Waals surface area contributed by atoms with Crippen LogP contribution in [-0.2, 0) is 0 Å². The first-order chi connectivity index (χ1) is 5.31. The Kier molecular flexibility index (Phi) is 2.93. The highest BCUT2D eigenvalue weighted by Crippen LogP contribution is 2.39. The minimum Gasteiger partial charge on any atom is -0.198 e. The zero-order valence-corrected chi connectivity index (χ0v) is 7.51. The smallest absolute Gasteiger partial charge is 0.0658 e. The third-order valence-electron chi connectivity index (χ3n) is 3.06. The Hall–Kier alpha value is -0.510. The standard InChI is InChI=1S/C10H17N/c1-3-8-5-9(4-2)10(6-8)7-11/h8-10H,3-6H2,1-2H3. The van der Waals surface area contributed by atoms with Crippen molar-refractivity contribution in [1.82, 2.24) is 0 Å². The van der Waals surface area contributed by atoms with Gasteiger partial charge in [0.25, 0.3) is 0 Å². The lowest BCUT2D eigenvalue weighted by atomic mass is 9.95. The van der Waals surface area contributed by atoms with Gasteiger partial charge in [0, 0.05) is 5.92 Å². The number of hydrogen-bond acceptors (Lipinski definition) is 1. The summed E-state index contributed by atoms with van der Waals surface area (Å²) in [6.45, 7) is 4.43. The molecule has 1 saturated carbocycles. The third kappa shape index (κ3) is 1.74. The summed E-state index contributed by atoms with van der Waals surface area (Å²) in [4.78, 5) is 0. The molecule has 62 valence electrons. The van der Waals surface area contributed by atoms with Crippen LogP contribution >= 0.6 is 0 Å². The van der Waals surface area contributed by atoms with Gasteiger partial charge >= 0.3 is 0 Å². The molecule has 0 heterocycles. The van der Waals surface area contributed by atoms with Crippen molar-refractivity contribution in [2.75, 3.05) is 0 Å². The molecular weight excluding hydrogens is 134 g/mol. The van der Waals surface area contributed by atoms with E-state index in [1.165, 1.54) is 19.3 Å². The number of nitriles is 1. The van der Waals surface area contributed by atoms with E-state index >= 15 is 0 Å². The fraction of sp³-hybridized carbons (Fsp3) is 0.900. The summed E-state index contributed by atoms with van der Waals surface area (Å²) in [5, 5.41) is 8.83. The molecule has 11 heavy (non-hydrogen) atoms. The van der Waals surface area contributed by atoms with E-state index in [1.54, 1.807) is 0 Å². The summed E-state index contributed by atoms with van der Waals surface area (Å²) in [5.41, 5.74) is 0. The molecule has 0 radical (unpaired) electrons. The average Bonchev–Trinajstić information content (AvgIpc) is 2.46. The maximum absolute atomic E-state index is 8.83. The molecule has 1 heteroatoms. The van der Waals surface area contributed by atoms with Crippen molar-refractivity contribution in [2.24, 2.45) is 17.8 Å². The van der Waals surface area contributed by atoms with Crippen LogP contribution in [-0.4, -0.2) is 0 Å². The summed E-state index contributed by atoms with van der Waals surface area (Å²) in [6, 6.07) is 2.43. The molecule has 1 aliphatic carbocycles. The number of hydrogen-bond donors (Lipinski definition) is 0. The molecule has 0 bridgehead atoms. The molecule has 0 spiro atoms. The van der Waals surface area contributed by atoms with E-state index in [0.717, 1.165) is 12.3 Å². The molecule has 1 nitrogen and oxygen atoms in total. The predicted molar refractivity (Wildman–Crippen MR) is 45.9 cm³/mol. The molecule has 1 aliphatic rings. The first-order valence-electron chi connectivity index (χ1n) is 4.71. The van der Waals surface area contributed by atoms with Crippen molar-refractivity contribution >= 4 is 0 Å². The Morgan fingerprint density at radius 1 is 1.27 bits per heavy atom. The average molecular weight is 151 g/mol. The van der Waals surface area contributed by atoms with E-state index in [0.29, 0.717) is 11.8 Å². The fourth-order valence-corrected chi connectivity index (χ4v) is 2.18. The Balaban J connectivity index is 2.49. The van der Waals surface area contributed by atoms with Gasteiger partial charge in [-0.2, -0.15) is 5.26 Å². The van der Waals surface area contributed by atoms with Gasteiger partial charge in [0.1, 0.15) is 0 Å². The molecule has 0 aliphatic heterocycles. The molecule has 0 aromatic heterocycles. The molecule has 0 saturated heterocycles. The predicted octanol–water partition coefficient (Wildman–Crippen LogP) is 2.97. The van der Waals surface area contributed by atoms with Crippen LogP contribution < -0.4 is 0 Å². The van der Waals surface area contributed by atoms with Crippen molar-refractivity contribution in [3.63, 3.8) is 0 Å². The van der Waals surface area contributed by atoms with E-state index in [2.05, 4.69) is 19.9 Å². The molecule has 3 atom stereocenters. The van der Waals surface area contributed by atoms with Gasteiger partial charge in [-0.05, 0) is 24.7 Å². The van der Waals surface area contributed by atoms with E-state index in [-0.39, 0.29) is 0 Å². The fourth-order valence-electron chi connectivity index (χ4n) is 2.18. The first kappa shape index (κ1) is 8.59. The monoisotopic (exact) mass is 151 g/mol. The van der Waals surface area contributed by atoms with Gasteiger partial charge in [-0.1, -0.05) is 26.7 Å². The van der Waals surface area contributed by atoms with Crippen LogP contribution in [0.2, 0.25) is 0 Å². The van der Waals surface area contributed by atoms with Crippen molar-refractivity contribution in [3.8, 4) is 6.07 Å². The molecule has 0 aromatic carbocycles. The summed E-state index contributed by atoms with van der Waals surface area (Å²) in [7, 11) is 0. The third-order valence-corrected chi connectivity index (χ3v) is 3.06. The van der Waals surface area contributed by atoms with Gasteiger partial charge in [-0.25, -0.2) is 0 Å². The van der Waals surface area contributed by atoms with Crippen molar-refractivity contribution in [1.29, 1.82) is 5.26 Å². The van der Waals surface area contributed by atoms with E-state index in [9.17, 15) is 0 Å². The topological polar surface area (TPSA) is 23.8 Å². The van der Waals surface area contributed by atoms with Crippen LogP contribution in [0, 0.1) is 29.1 Å². The van der Waals surface area contributed by atoms with Crippen LogP contribution in [0.4, 0.5) is 0 Å². The van der Waals surface area contributed by atoms with Crippen LogP contribution in [0.25, 0.3) is 0 Å². The van der Waals surface area contributed by atoms with Crippen molar-refractivity contribution < 1.29 is 0 Å². The lowest BCUT2D eigenvalue weighted by Crippen LogP contribution is -2.02. The van der Waals surface area contributed by atoms with E-state index in [4.69, 9.17) is 5.26 Å². The SMILES string of the molecule is CCC1CC(C#N)C(CC)C1. The van der Waals surface area contributed by atoms with Gasteiger partial charge < -0.3 is 0 Å². The first-order valence-corrected chi connectivity index (χ1v) is 4.71. The van der Waals surface area contributed by atoms with Crippen molar-refractivity contribution in [3.05, 3.63) is 0 Å². The lowest BCUT2D eigenvalue weighted by Gasteiger charge is -2.08. The van der Waals surface area contributed by atoms with Crippen LogP contribution in [0.5, 0.6) is 0 Å². The van der Waals surface area contributed by atoms with Gasteiger partial charge in [0.05, 0.1) is 6.07 Å². The highest BCUT2D eigenvalue weighted by atomic mass is 14.4. The largest absolute Gasteiger partial charge is 0.198 e. The van der Waals surface area contributed by atoms with Crippen LogP contribution in [0.3, 0.4) is 0 Å². The molecular formula is C10H17N. The maximum Gasteiger partial charge on any atom is 0.0658 e. The van der Waals surface area contributed by atoms with Crippen LogP contribution in [0.1, 0.15) is 39.5 Å². The summed E-state index contributed by atoms with van der Waals surface area (Å²) < 4.78 is 0. The van der Waals surface area contributed by atoms with Crippen LogP contribution in [0.15, 0.2) is 0 Å². The van der Waals surface area contributed by atoms with E-state index < -0.39 is 0 Å². The second-order valence-electron chi connectivity index (χ2n) is 3.65. The number of rotatable bonds is 2. The zero-order chi connectivity index (χ0) is 8.27. The maximum atomic E-state index is 8.83. The lowest BCUT2D eigenvalue weighted by molar-refractivity contribution is 0.443. The zero-order valence-electron chi connectivity index (χ0n) is 7.51. The Bertz CT molecular complexity index is 157. The minimum atomic E-state index is 0.366. The van der Waals surface area contributed by atoms with E-state index in [1.807, 2.05) is 0 Å². The minimum absolute atomic E-state index is 0.366. The van der Waals surface area contributed by atoms with Gasteiger partial charge in [0.2, 0.25) is 0 Å². The van der Waals surface area contributed by atoms with Gasteiger partial charge in [-0.15, -0.1) is 0 Å². The Morgan fingerprint density at radius 2 is 2.00 bits per heavy atom. The Morgan fingerprint density at radius 3 is 2.36 bits per heavy atom. The molecule has 0 aromatic rings. The number of nitrogens with zero attached hydrogens (tertiary/aromatic N) is 1. The second kappa shape index (κ2) is 3.76. The molecule has 3 unspecified atom stereocenters. The molecule has 1 rings (SSSR count). The van der Waals surface area contributed by atoms with Crippen molar-refractivity contribution in [2.45, 2.75) is 39.5 Å². The van der Waals surface area contributed by atoms with Gasteiger partial charge in [0.15, 0.2) is 0 Å². The highest BCUT2D eigenvalue weighted by molar-refractivity contribution is 4.94. The summed E-state index contributed by atoms with van der Waals surface area (Å²) in [6.07, 6.45) is 4.90. The normalized spacial score (nSPS) is 37.0.